The molecule has 2 aromatic rings. The minimum absolute atomic E-state index is 0.718. The van der Waals surface area contributed by atoms with E-state index in [1.807, 2.05) is 36.4 Å². The van der Waals surface area contributed by atoms with Crippen LogP contribution in [0.1, 0.15) is 17.3 Å². The highest BCUT2D eigenvalue weighted by molar-refractivity contribution is 5.61. The number of alkyl halides is 1. The molecule has 1 unspecified atom stereocenters. The smallest absolute Gasteiger partial charge is 0.151 e. The molecule has 0 aliphatic heterocycles. The van der Waals surface area contributed by atoms with Crippen LogP contribution < -0.4 is 0 Å². The first-order valence-electron chi connectivity index (χ1n) is 5.60. The number of hydrogen-bond donors (Lipinski definition) is 0. The molecule has 0 N–H and O–H groups in total. The summed E-state index contributed by atoms with van der Waals surface area (Å²) >= 11 is 0. The van der Waals surface area contributed by atoms with E-state index in [2.05, 4.69) is 11.1 Å². The van der Waals surface area contributed by atoms with Crippen molar-refractivity contribution in [1.29, 1.82) is 0 Å². The summed E-state index contributed by atoms with van der Waals surface area (Å²) in [6, 6.07) is 11.6. The Labute approximate surface area is 99.6 Å². The van der Waals surface area contributed by atoms with E-state index in [-0.39, 0.29) is 0 Å². The number of nitrogens with zero attached hydrogens (tertiary/aromatic N) is 1. The number of halogens is 1. The van der Waals surface area contributed by atoms with Crippen LogP contribution >= 0.6 is 0 Å². The van der Waals surface area contributed by atoms with Gasteiger partial charge in [0.25, 0.3) is 0 Å². The monoisotopic (exact) mass is 224 g/mol. The first-order valence-corrected chi connectivity index (χ1v) is 5.60. The van der Waals surface area contributed by atoms with E-state index in [4.69, 9.17) is 0 Å². The van der Waals surface area contributed by atoms with Crippen molar-refractivity contribution in [2.24, 2.45) is 0 Å². The zero-order chi connectivity index (χ0) is 11.7. The second-order valence-electron chi connectivity index (χ2n) is 4.07. The number of rotatable bonds is 1. The van der Waals surface area contributed by atoms with E-state index >= 15 is 0 Å². The molecule has 1 aromatic carbocycles. The van der Waals surface area contributed by atoms with Gasteiger partial charge in [-0.3, -0.25) is 4.98 Å². The van der Waals surface area contributed by atoms with Crippen LogP contribution in [-0.4, -0.2) is 4.98 Å². The Morgan fingerprint density at radius 3 is 3.00 bits per heavy atom. The Hall–Kier alpha value is -1.96. The summed E-state index contributed by atoms with van der Waals surface area (Å²) in [5.41, 5.74) is 3.58. The van der Waals surface area contributed by atoms with Gasteiger partial charge in [-0.2, -0.15) is 0 Å². The van der Waals surface area contributed by atoms with Gasteiger partial charge in [-0.25, -0.2) is 4.39 Å². The Morgan fingerprint density at radius 2 is 2.18 bits per heavy atom. The predicted molar refractivity (Wildman–Crippen MR) is 65.0 cm³/mol. The van der Waals surface area contributed by atoms with Gasteiger partial charge in [0.2, 0.25) is 0 Å². The Morgan fingerprint density at radius 1 is 1.24 bits per heavy atom. The normalized spacial score (nSPS) is 17.8. The van der Waals surface area contributed by atoms with E-state index in [1.165, 1.54) is 0 Å². The molecule has 1 aliphatic carbocycles. The van der Waals surface area contributed by atoms with Crippen LogP contribution in [0.5, 0.6) is 0 Å². The minimum atomic E-state index is -1.11. The molecular weight excluding hydrogens is 213 g/mol. The molecule has 1 heterocycles. The Kier molecular flexibility index (Phi) is 2.48. The highest BCUT2D eigenvalue weighted by atomic mass is 19.1. The number of pyridine rings is 1. The van der Waals surface area contributed by atoms with E-state index in [9.17, 15) is 4.39 Å². The van der Waals surface area contributed by atoms with Gasteiger partial charge in [0, 0.05) is 11.8 Å². The topological polar surface area (TPSA) is 12.9 Å². The first kappa shape index (κ1) is 10.2. The van der Waals surface area contributed by atoms with E-state index in [1.54, 1.807) is 12.3 Å². The molecule has 1 nitrogen and oxygen atoms in total. The maximum atomic E-state index is 13.7. The molecule has 3 rings (SSSR count). The largest absolute Gasteiger partial charge is 0.256 e. The van der Waals surface area contributed by atoms with Crippen molar-refractivity contribution in [3.05, 3.63) is 65.9 Å². The average molecular weight is 224 g/mol. The Bertz CT molecular complexity index is 560. The lowest BCUT2D eigenvalue weighted by Gasteiger charge is -2.15. The molecule has 2 heteroatoms. The SMILES string of the molecule is FC1[C]=CCc2ccc(-c3ccccn3)cc21. The summed E-state index contributed by atoms with van der Waals surface area (Å²) in [5, 5.41) is 0. The van der Waals surface area contributed by atoms with Gasteiger partial charge in [-0.05, 0) is 41.8 Å². The Balaban J connectivity index is 2.08. The second kappa shape index (κ2) is 4.13. The van der Waals surface area contributed by atoms with Crippen LogP contribution in [0.4, 0.5) is 4.39 Å². The van der Waals surface area contributed by atoms with Gasteiger partial charge < -0.3 is 0 Å². The number of hydrogen-bond acceptors (Lipinski definition) is 1. The summed E-state index contributed by atoms with van der Waals surface area (Å²) < 4.78 is 13.7. The lowest BCUT2D eigenvalue weighted by molar-refractivity contribution is 0.397. The third kappa shape index (κ3) is 1.86. The lowest BCUT2D eigenvalue weighted by Crippen LogP contribution is -2.01. The van der Waals surface area contributed by atoms with Crippen LogP contribution in [0.3, 0.4) is 0 Å². The summed E-state index contributed by atoms with van der Waals surface area (Å²) in [7, 11) is 0. The fourth-order valence-corrected chi connectivity index (χ4v) is 2.07. The molecule has 1 radical (unpaired) electrons. The maximum Gasteiger partial charge on any atom is 0.151 e. The van der Waals surface area contributed by atoms with Crippen molar-refractivity contribution in [3.63, 3.8) is 0 Å². The molecule has 1 aromatic heterocycles. The molecule has 0 bridgehead atoms. The molecule has 83 valence electrons. The van der Waals surface area contributed by atoms with Gasteiger partial charge in [-0.1, -0.05) is 24.3 Å². The number of allylic oxidation sites excluding steroid dienone is 2. The highest BCUT2D eigenvalue weighted by Crippen LogP contribution is 2.30. The maximum absolute atomic E-state index is 13.7. The molecular formula is C15H11FN. The quantitative estimate of drug-likeness (QED) is 0.720. The van der Waals surface area contributed by atoms with Crippen molar-refractivity contribution in [1.82, 2.24) is 4.98 Å². The summed E-state index contributed by atoms with van der Waals surface area (Å²) in [6.45, 7) is 0. The summed E-state index contributed by atoms with van der Waals surface area (Å²) in [5.74, 6) is 0. The fraction of sp³-hybridized carbons (Fsp3) is 0.133. The van der Waals surface area contributed by atoms with Crippen LogP contribution in [-0.2, 0) is 6.42 Å². The standard InChI is InChI=1S/C15H11FN/c16-14-5-3-4-11-7-8-12(10-13(11)14)15-6-1-2-9-17-15/h1-3,6-10,14H,4H2. The number of aromatic nitrogens is 1. The number of benzene rings is 1. The van der Waals surface area contributed by atoms with Crippen molar-refractivity contribution < 1.29 is 4.39 Å². The molecule has 0 amide bonds. The fourth-order valence-electron chi connectivity index (χ4n) is 2.07. The van der Waals surface area contributed by atoms with Crippen LogP contribution in [0.15, 0.2) is 48.7 Å². The second-order valence-corrected chi connectivity index (χ2v) is 4.07. The van der Waals surface area contributed by atoms with E-state index < -0.39 is 6.17 Å². The molecule has 0 fully saturated rings. The van der Waals surface area contributed by atoms with Crippen molar-refractivity contribution in [3.8, 4) is 11.3 Å². The average Bonchev–Trinajstić information content (AvgIpc) is 2.40. The van der Waals surface area contributed by atoms with Crippen LogP contribution in [0, 0.1) is 6.08 Å². The third-order valence-corrected chi connectivity index (χ3v) is 2.97. The van der Waals surface area contributed by atoms with Gasteiger partial charge in [-0.15, -0.1) is 0 Å². The van der Waals surface area contributed by atoms with Crippen molar-refractivity contribution in [2.75, 3.05) is 0 Å². The molecule has 0 saturated carbocycles. The number of fused-ring (bicyclic) bond motifs is 1. The van der Waals surface area contributed by atoms with Crippen molar-refractivity contribution >= 4 is 0 Å². The zero-order valence-corrected chi connectivity index (χ0v) is 9.23. The summed E-state index contributed by atoms with van der Waals surface area (Å²) in [6.07, 6.45) is 5.86. The third-order valence-electron chi connectivity index (χ3n) is 2.97. The van der Waals surface area contributed by atoms with Gasteiger partial charge in [0.05, 0.1) is 5.69 Å². The predicted octanol–water partition coefficient (Wildman–Crippen LogP) is 3.67. The van der Waals surface area contributed by atoms with Gasteiger partial charge >= 0.3 is 0 Å². The van der Waals surface area contributed by atoms with Gasteiger partial charge in [0.1, 0.15) is 0 Å². The minimum Gasteiger partial charge on any atom is -0.256 e. The molecule has 0 saturated heterocycles. The van der Waals surface area contributed by atoms with E-state index in [0.29, 0.717) is 0 Å². The highest BCUT2D eigenvalue weighted by Gasteiger charge is 2.16. The molecule has 1 aliphatic rings. The molecule has 0 spiro atoms. The first-order chi connectivity index (χ1) is 8.34. The molecule has 17 heavy (non-hydrogen) atoms. The van der Waals surface area contributed by atoms with Crippen LogP contribution in [0.25, 0.3) is 11.3 Å². The zero-order valence-electron chi connectivity index (χ0n) is 9.23. The van der Waals surface area contributed by atoms with Crippen molar-refractivity contribution in [2.45, 2.75) is 12.6 Å². The van der Waals surface area contributed by atoms with Crippen LogP contribution in [0.2, 0.25) is 0 Å². The van der Waals surface area contributed by atoms with Gasteiger partial charge in [0.15, 0.2) is 6.17 Å². The van der Waals surface area contributed by atoms with E-state index in [0.717, 1.165) is 28.8 Å². The lowest BCUT2D eigenvalue weighted by atomic mass is 9.93. The molecule has 1 atom stereocenters. The summed E-state index contributed by atoms with van der Waals surface area (Å²) in [4.78, 5) is 4.27.